The van der Waals surface area contributed by atoms with Crippen molar-refractivity contribution in [2.45, 2.75) is 26.8 Å². The van der Waals surface area contributed by atoms with Gasteiger partial charge in [0.2, 0.25) is 0 Å². The number of thiophene rings is 1. The zero-order valence-electron chi connectivity index (χ0n) is 10.2. The largest absolute Gasteiger partial charge is 0.329 e. The average molecular weight is 261 g/mol. The Kier molecular flexibility index (Phi) is 5.76. The molecule has 0 saturated carbocycles. The number of hydrogen-bond donors (Lipinski definition) is 1. The maximum Gasteiger partial charge on any atom is 0.0564 e. The summed E-state index contributed by atoms with van der Waals surface area (Å²) in [6.07, 6.45) is 0. The fourth-order valence-electron chi connectivity index (χ4n) is 1.89. The minimum absolute atomic E-state index is 0.310. The van der Waals surface area contributed by atoms with Gasteiger partial charge in [0.25, 0.3) is 0 Å². The van der Waals surface area contributed by atoms with Crippen molar-refractivity contribution in [3.05, 3.63) is 21.3 Å². The van der Waals surface area contributed by atoms with Gasteiger partial charge in [0, 0.05) is 23.3 Å². The number of nitrogens with two attached hydrogens (primary N) is 1. The molecule has 0 saturated heterocycles. The molecule has 1 unspecified atom stereocenters. The monoisotopic (exact) mass is 260 g/mol. The Morgan fingerprint density at radius 3 is 2.56 bits per heavy atom. The zero-order chi connectivity index (χ0) is 12.1. The fourth-order valence-corrected chi connectivity index (χ4v) is 3.12. The minimum atomic E-state index is 0.310. The van der Waals surface area contributed by atoms with E-state index in [4.69, 9.17) is 17.3 Å². The molecule has 1 aromatic rings. The second-order valence-corrected chi connectivity index (χ2v) is 5.78. The molecule has 16 heavy (non-hydrogen) atoms. The van der Waals surface area contributed by atoms with Crippen LogP contribution in [0.5, 0.6) is 0 Å². The van der Waals surface area contributed by atoms with Crippen LogP contribution in [-0.4, -0.2) is 24.5 Å². The molecule has 0 aliphatic carbocycles. The fraction of sp³-hybridized carbons (Fsp3) is 0.667. The van der Waals surface area contributed by atoms with Gasteiger partial charge in [-0.25, -0.2) is 0 Å². The van der Waals surface area contributed by atoms with Crippen LogP contribution in [0, 0.1) is 5.92 Å². The summed E-state index contributed by atoms with van der Waals surface area (Å²) in [4.78, 5) is 3.70. The van der Waals surface area contributed by atoms with E-state index in [0.29, 0.717) is 18.5 Å². The molecular weight excluding hydrogens is 240 g/mol. The van der Waals surface area contributed by atoms with Gasteiger partial charge in [0.05, 0.1) is 11.1 Å². The summed E-state index contributed by atoms with van der Waals surface area (Å²) in [5.74, 6) is 0.657. The minimum Gasteiger partial charge on any atom is -0.329 e. The standard InChI is InChI=1S/C12H21ClN2S/c1-4-15(7-9(2)3)11(6-14)12-5-10(13)8-16-12/h5,8-9,11H,4,6-7,14H2,1-3H3. The van der Waals surface area contributed by atoms with E-state index >= 15 is 0 Å². The van der Waals surface area contributed by atoms with Gasteiger partial charge in [0.15, 0.2) is 0 Å². The molecule has 0 radical (unpaired) electrons. The van der Waals surface area contributed by atoms with Crippen molar-refractivity contribution in [1.82, 2.24) is 4.90 Å². The lowest BCUT2D eigenvalue weighted by atomic mass is 10.1. The molecule has 1 rings (SSSR count). The van der Waals surface area contributed by atoms with Crippen LogP contribution in [0.25, 0.3) is 0 Å². The molecule has 1 atom stereocenters. The van der Waals surface area contributed by atoms with Gasteiger partial charge < -0.3 is 5.73 Å². The van der Waals surface area contributed by atoms with Gasteiger partial charge in [-0.2, -0.15) is 0 Å². The van der Waals surface area contributed by atoms with Gasteiger partial charge in [0.1, 0.15) is 0 Å². The van der Waals surface area contributed by atoms with Crippen LogP contribution in [0.3, 0.4) is 0 Å². The third-order valence-corrected chi connectivity index (χ3v) is 3.97. The lowest BCUT2D eigenvalue weighted by molar-refractivity contribution is 0.192. The topological polar surface area (TPSA) is 29.3 Å². The first kappa shape index (κ1) is 14.0. The number of likely N-dealkylation sites (N-methyl/N-ethyl adjacent to an activating group) is 1. The first-order valence-corrected chi connectivity index (χ1v) is 7.02. The molecule has 0 bridgehead atoms. The quantitative estimate of drug-likeness (QED) is 0.850. The van der Waals surface area contributed by atoms with E-state index in [1.54, 1.807) is 11.3 Å². The summed E-state index contributed by atoms with van der Waals surface area (Å²) >= 11 is 7.67. The van der Waals surface area contributed by atoms with Gasteiger partial charge in [-0.05, 0) is 18.5 Å². The van der Waals surface area contributed by atoms with Gasteiger partial charge in [-0.3, -0.25) is 4.90 Å². The maximum absolute atomic E-state index is 5.97. The average Bonchev–Trinajstić information content (AvgIpc) is 2.64. The third kappa shape index (κ3) is 3.74. The van der Waals surface area contributed by atoms with Crippen LogP contribution in [0.4, 0.5) is 0 Å². The van der Waals surface area contributed by atoms with E-state index in [2.05, 4.69) is 25.7 Å². The van der Waals surface area contributed by atoms with Crippen molar-refractivity contribution < 1.29 is 0 Å². The van der Waals surface area contributed by atoms with Gasteiger partial charge in [-0.15, -0.1) is 11.3 Å². The van der Waals surface area contributed by atoms with Crippen LogP contribution in [-0.2, 0) is 0 Å². The van der Waals surface area contributed by atoms with E-state index in [-0.39, 0.29) is 0 Å². The first-order chi connectivity index (χ1) is 7.58. The zero-order valence-corrected chi connectivity index (χ0v) is 11.8. The van der Waals surface area contributed by atoms with Crippen LogP contribution in [0.1, 0.15) is 31.7 Å². The highest BCUT2D eigenvalue weighted by Crippen LogP contribution is 2.29. The molecule has 0 aliphatic heterocycles. The molecule has 0 spiro atoms. The number of hydrogen-bond acceptors (Lipinski definition) is 3. The summed E-state index contributed by atoms with van der Waals surface area (Å²) in [5, 5.41) is 2.79. The Bertz CT molecular complexity index is 312. The van der Waals surface area contributed by atoms with Crippen molar-refractivity contribution in [3.8, 4) is 0 Å². The lowest BCUT2D eigenvalue weighted by Crippen LogP contribution is -2.35. The molecule has 92 valence electrons. The predicted molar refractivity (Wildman–Crippen MR) is 73.2 cm³/mol. The Hall–Kier alpha value is -0.0900. The van der Waals surface area contributed by atoms with Crippen molar-refractivity contribution in [2.75, 3.05) is 19.6 Å². The van der Waals surface area contributed by atoms with Crippen molar-refractivity contribution in [3.63, 3.8) is 0 Å². The molecule has 0 fully saturated rings. The van der Waals surface area contributed by atoms with Crippen molar-refractivity contribution >= 4 is 22.9 Å². The predicted octanol–water partition coefficient (Wildman–Crippen LogP) is 3.38. The van der Waals surface area contributed by atoms with Crippen LogP contribution in [0.2, 0.25) is 5.02 Å². The first-order valence-electron chi connectivity index (χ1n) is 5.76. The number of halogens is 1. The molecule has 2 N–H and O–H groups in total. The van der Waals surface area contributed by atoms with Crippen molar-refractivity contribution in [2.24, 2.45) is 11.7 Å². The number of nitrogens with zero attached hydrogens (tertiary/aromatic N) is 1. The van der Waals surface area contributed by atoms with E-state index in [1.165, 1.54) is 4.88 Å². The summed E-state index contributed by atoms with van der Waals surface area (Å²) < 4.78 is 0. The highest BCUT2D eigenvalue weighted by atomic mass is 35.5. The summed E-state index contributed by atoms with van der Waals surface area (Å²) in [6.45, 7) is 9.40. The molecule has 0 aromatic carbocycles. The van der Waals surface area contributed by atoms with E-state index in [0.717, 1.165) is 18.1 Å². The highest BCUT2D eigenvalue weighted by Gasteiger charge is 2.19. The smallest absolute Gasteiger partial charge is 0.0564 e. The molecule has 2 nitrogen and oxygen atoms in total. The third-order valence-electron chi connectivity index (χ3n) is 2.59. The Morgan fingerprint density at radius 1 is 1.50 bits per heavy atom. The lowest BCUT2D eigenvalue weighted by Gasteiger charge is -2.30. The second-order valence-electron chi connectivity index (χ2n) is 4.40. The molecule has 0 aliphatic rings. The SMILES string of the molecule is CCN(CC(C)C)C(CN)c1cc(Cl)cs1. The van der Waals surface area contributed by atoms with Crippen molar-refractivity contribution in [1.29, 1.82) is 0 Å². The van der Waals surface area contributed by atoms with Crippen LogP contribution < -0.4 is 5.73 Å². The Balaban J connectivity index is 2.78. The highest BCUT2D eigenvalue weighted by molar-refractivity contribution is 7.10. The van der Waals surface area contributed by atoms with E-state index in [1.807, 2.05) is 11.4 Å². The summed E-state index contributed by atoms with van der Waals surface area (Å²) in [7, 11) is 0. The molecule has 1 aromatic heterocycles. The van der Waals surface area contributed by atoms with E-state index < -0.39 is 0 Å². The summed E-state index contributed by atoms with van der Waals surface area (Å²) in [5.41, 5.74) is 5.89. The molecular formula is C12H21ClN2S. The molecule has 1 heterocycles. The Labute approximate surface area is 107 Å². The Morgan fingerprint density at radius 2 is 2.19 bits per heavy atom. The van der Waals surface area contributed by atoms with Gasteiger partial charge in [-0.1, -0.05) is 32.4 Å². The second kappa shape index (κ2) is 6.60. The summed E-state index contributed by atoms with van der Waals surface area (Å²) in [6, 6.07) is 2.34. The van der Waals surface area contributed by atoms with E-state index in [9.17, 15) is 0 Å². The van der Waals surface area contributed by atoms with Gasteiger partial charge >= 0.3 is 0 Å². The maximum atomic E-state index is 5.97. The van der Waals surface area contributed by atoms with Crippen LogP contribution >= 0.6 is 22.9 Å². The van der Waals surface area contributed by atoms with Crippen LogP contribution in [0.15, 0.2) is 11.4 Å². The normalized spacial score (nSPS) is 13.7. The molecule has 0 amide bonds. The molecule has 4 heteroatoms. The number of rotatable bonds is 6.